The average Bonchev–Trinajstić information content (AvgIpc) is 2.53. The van der Waals surface area contributed by atoms with Crippen LogP contribution in [0.15, 0.2) is 46.9 Å². The molecule has 2 aromatic carbocycles. The van der Waals surface area contributed by atoms with Gasteiger partial charge in [-0.1, -0.05) is 28.1 Å². The van der Waals surface area contributed by atoms with E-state index in [1.54, 1.807) is 51.5 Å². The highest BCUT2D eigenvalue weighted by Crippen LogP contribution is 2.29. The number of benzene rings is 2. The molecule has 7 heteroatoms. The van der Waals surface area contributed by atoms with Gasteiger partial charge in [-0.05, 0) is 42.8 Å². The van der Waals surface area contributed by atoms with Crippen LogP contribution in [0, 0.1) is 0 Å². The van der Waals surface area contributed by atoms with E-state index >= 15 is 0 Å². The van der Waals surface area contributed by atoms with Gasteiger partial charge in [-0.25, -0.2) is 13.1 Å². The molecule has 0 saturated carbocycles. The molecule has 24 heavy (non-hydrogen) atoms. The van der Waals surface area contributed by atoms with Crippen molar-refractivity contribution in [2.75, 3.05) is 14.2 Å². The summed E-state index contributed by atoms with van der Waals surface area (Å²) in [5.74, 6) is 1.15. The quantitative estimate of drug-likeness (QED) is 0.752. The Hall–Kier alpha value is -1.57. The van der Waals surface area contributed by atoms with E-state index in [2.05, 4.69) is 20.7 Å². The molecule has 130 valence electrons. The molecule has 0 aliphatic heterocycles. The second-order valence-corrected chi connectivity index (χ2v) is 8.01. The Balaban J connectivity index is 2.20. The van der Waals surface area contributed by atoms with E-state index in [9.17, 15) is 8.42 Å². The summed E-state index contributed by atoms with van der Waals surface area (Å²) in [6, 6.07) is 12.1. The SMILES string of the molecule is COc1ccc(OC)c(C(C)NS(=O)(=O)Cc2cccc(Br)c2)c1. The molecule has 0 fully saturated rings. The van der Waals surface area contributed by atoms with Crippen molar-refractivity contribution in [3.05, 3.63) is 58.1 Å². The number of methoxy groups -OCH3 is 2. The molecule has 2 aromatic rings. The van der Waals surface area contributed by atoms with Gasteiger partial charge in [0.1, 0.15) is 11.5 Å². The largest absolute Gasteiger partial charge is 0.497 e. The predicted molar refractivity (Wildman–Crippen MR) is 97.9 cm³/mol. The fraction of sp³-hybridized carbons (Fsp3) is 0.294. The molecule has 2 rings (SSSR count). The second-order valence-electron chi connectivity index (χ2n) is 5.34. The fourth-order valence-electron chi connectivity index (χ4n) is 2.40. The minimum Gasteiger partial charge on any atom is -0.497 e. The molecule has 0 spiro atoms. The first-order valence-electron chi connectivity index (χ1n) is 7.31. The molecule has 0 aliphatic rings. The number of nitrogens with one attached hydrogen (secondary N) is 1. The summed E-state index contributed by atoms with van der Waals surface area (Å²) in [6.07, 6.45) is 0. The van der Waals surface area contributed by atoms with Crippen LogP contribution in [0.25, 0.3) is 0 Å². The summed E-state index contributed by atoms with van der Waals surface area (Å²) in [5.41, 5.74) is 1.43. The molecule has 0 saturated heterocycles. The van der Waals surface area contributed by atoms with E-state index < -0.39 is 16.1 Å². The zero-order chi connectivity index (χ0) is 17.7. The molecular formula is C17H20BrNO4S. The van der Waals surface area contributed by atoms with Crippen molar-refractivity contribution >= 4 is 26.0 Å². The summed E-state index contributed by atoms with van der Waals surface area (Å²) >= 11 is 3.35. The van der Waals surface area contributed by atoms with Crippen LogP contribution in [-0.4, -0.2) is 22.6 Å². The number of hydrogen-bond donors (Lipinski definition) is 1. The first kappa shape index (κ1) is 18.8. The summed E-state index contributed by atoms with van der Waals surface area (Å²) in [7, 11) is -0.398. The lowest BCUT2D eigenvalue weighted by Gasteiger charge is -2.18. The van der Waals surface area contributed by atoms with Crippen LogP contribution in [0.4, 0.5) is 0 Å². The smallest absolute Gasteiger partial charge is 0.216 e. The van der Waals surface area contributed by atoms with E-state index in [0.29, 0.717) is 17.1 Å². The van der Waals surface area contributed by atoms with Gasteiger partial charge in [0.25, 0.3) is 0 Å². The summed E-state index contributed by atoms with van der Waals surface area (Å²) in [6.45, 7) is 1.77. The topological polar surface area (TPSA) is 64.6 Å². The number of hydrogen-bond acceptors (Lipinski definition) is 4. The molecule has 5 nitrogen and oxygen atoms in total. The second kappa shape index (κ2) is 8.00. The molecule has 1 unspecified atom stereocenters. The summed E-state index contributed by atoms with van der Waals surface area (Å²) < 4.78 is 39.0. The normalized spacial score (nSPS) is 12.7. The zero-order valence-corrected chi connectivity index (χ0v) is 16.1. The van der Waals surface area contributed by atoms with Crippen LogP contribution in [0.2, 0.25) is 0 Å². The number of sulfonamides is 1. The highest BCUT2D eigenvalue weighted by molar-refractivity contribution is 9.10. The van der Waals surface area contributed by atoms with Crippen LogP contribution in [0.1, 0.15) is 24.1 Å². The Morgan fingerprint density at radius 3 is 2.50 bits per heavy atom. The molecule has 0 amide bonds. The Kier molecular flexibility index (Phi) is 6.26. The Morgan fingerprint density at radius 2 is 1.88 bits per heavy atom. The van der Waals surface area contributed by atoms with Gasteiger partial charge in [0.15, 0.2) is 0 Å². The van der Waals surface area contributed by atoms with Crippen LogP contribution in [-0.2, 0) is 15.8 Å². The van der Waals surface area contributed by atoms with Gasteiger partial charge in [0.2, 0.25) is 10.0 Å². The van der Waals surface area contributed by atoms with Crippen molar-refractivity contribution in [2.24, 2.45) is 0 Å². The lowest BCUT2D eigenvalue weighted by molar-refractivity contribution is 0.395. The van der Waals surface area contributed by atoms with E-state index in [1.165, 1.54) is 0 Å². The molecule has 0 heterocycles. The van der Waals surface area contributed by atoms with Crippen molar-refractivity contribution in [2.45, 2.75) is 18.7 Å². The van der Waals surface area contributed by atoms with Crippen molar-refractivity contribution in [3.8, 4) is 11.5 Å². The van der Waals surface area contributed by atoms with Gasteiger partial charge < -0.3 is 9.47 Å². The zero-order valence-electron chi connectivity index (χ0n) is 13.7. The first-order chi connectivity index (χ1) is 11.3. The van der Waals surface area contributed by atoms with Crippen LogP contribution in [0.5, 0.6) is 11.5 Å². The third-order valence-corrected chi connectivity index (χ3v) is 5.42. The Bertz CT molecular complexity index is 808. The van der Waals surface area contributed by atoms with Crippen molar-refractivity contribution in [1.29, 1.82) is 0 Å². The maximum Gasteiger partial charge on any atom is 0.216 e. The highest BCUT2D eigenvalue weighted by Gasteiger charge is 2.20. The highest BCUT2D eigenvalue weighted by atomic mass is 79.9. The Morgan fingerprint density at radius 1 is 1.12 bits per heavy atom. The first-order valence-corrected chi connectivity index (χ1v) is 9.75. The van der Waals surface area contributed by atoms with Crippen LogP contribution < -0.4 is 14.2 Å². The van der Waals surface area contributed by atoms with Crippen molar-refractivity contribution in [3.63, 3.8) is 0 Å². The van der Waals surface area contributed by atoms with Crippen LogP contribution >= 0.6 is 15.9 Å². The third-order valence-electron chi connectivity index (χ3n) is 3.51. The number of halogens is 1. The monoisotopic (exact) mass is 413 g/mol. The maximum atomic E-state index is 12.5. The van der Waals surface area contributed by atoms with E-state index in [1.807, 2.05) is 12.1 Å². The lowest BCUT2D eigenvalue weighted by atomic mass is 10.1. The van der Waals surface area contributed by atoms with Gasteiger partial charge in [0, 0.05) is 16.1 Å². The Labute approximate surface area is 151 Å². The van der Waals surface area contributed by atoms with Gasteiger partial charge in [-0.2, -0.15) is 0 Å². The molecule has 0 radical (unpaired) electrons. The van der Waals surface area contributed by atoms with Crippen LogP contribution in [0.3, 0.4) is 0 Å². The average molecular weight is 414 g/mol. The van der Waals surface area contributed by atoms with E-state index in [0.717, 1.165) is 10.0 Å². The van der Waals surface area contributed by atoms with Crippen molar-refractivity contribution < 1.29 is 17.9 Å². The number of rotatable bonds is 7. The third kappa shape index (κ3) is 4.96. The van der Waals surface area contributed by atoms with E-state index in [-0.39, 0.29) is 5.75 Å². The van der Waals surface area contributed by atoms with Crippen molar-refractivity contribution in [1.82, 2.24) is 4.72 Å². The van der Waals surface area contributed by atoms with Gasteiger partial charge >= 0.3 is 0 Å². The molecule has 0 bridgehead atoms. The van der Waals surface area contributed by atoms with Gasteiger partial charge in [-0.3, -0.25) is 0 Å². The molecule has 1 atom stereocenters. The molecular weight excluding hydrogens is 394 g/mol. The molecule has 0 aliphatic carbocycles. The summed E-state index contributed by atoms with van der Waals surface area (Å²) in [5, 5.41) is 0. The predicted octanol–water partition coefficient (Wildman–Crippen LogP) is 3.65. The minimum atomic E-state index is -3.51. The summed E-state index contributed by atoms with van der Waals surface area (Å²) in [4.78, 5) is 0. The maximum absolute atomic E-state index is 12.5. The fourth-order valence-corrected chi connectivity index (χ4v) is 4.21. The number of ether oxygens (including phenoxy) is 2. The molecule has 0 aromatic heterocycles. The lowest BCUT2D eigenvalue weighted by Crippen LogP contribution is -2.28. The van der Waals surface area contributed by atoms with E-state index in [4.69, 9.17) is 9.47 Å². The van der Waals surface area contributed by atoms with Gasteiger partial charge in [-0.15, -0.1) is 0 Å². The van der Waals surface area contributed by atoms with Gasteiger partial charge in [0.05, 0.1) is 20.0 Å². The molecule has 1 N–H and O–H groups in total. The standard InChI is InChI=1S/C17H20BrNO4S/c1-12(16-10-15(22-2)7-8-17(16)23-3)19-24(20,21)11-13-5-4-6-14(18)9-13/h4-10,12,19H,11H2,1-3H3. The minimum absolute atomic E-state index is 0.0942.